The van der Waals surface area contributed by atoms with Gasteiger partial charge in [-0.15, -0.1) is 0 Å². The summed E-state index contributed by atoms with van der Waals surface area (Å²) in [4.78, 5) is 25.9. The molecular weight excluding hydrogens is 657 g/mol. The number of piperidine rings is 1. The number of anilines is 6. The minimum Gasteiger partial charge on any atom is -0.494 e. The predicted octanol–water partition coefficient (Wildman–Crippen LogP) is 4.84. The highest BCUT2D eigenvalue weighted by atomic mass is 32.2. The molecule has 0 unspecified atom stereocenters. The van der Waals surface area contributed by atoms with Crippen LogP contribution in [0.1, 0.15) is 25.3 Å². The molecule has 0 saturated carbocycles. The molecule has 0 aliphatic carbocycles. The second-order valence-corrected chi connectivity index (χ2v) is 15.0. The number of sulfonamides is 1. The van der Waals surface area contributed by atoms with Crippen LogP contribution in [0.2, 0.25) is 0 Å². The Hall–Kier alpha value is -4.73. The van der Waals surface area contributed by atoms with Gasteiger partial charge >= 0.3 is 0 Å². The van der Waals surface area contributed by atoms with Crippen LogP contribution >= 0.6 is 0 Å². The zero-order chi connectivity index (χ0) is 35.0. The van der Waals surface area contributed by atoms with Gasteiger partial charge in [-0.1, -0.05) is 6.92 Å². The van der Waals surface area contributed by atoms with E-state index in [0.29, 0.717) is 51.1 Å². The number of methoxy groups -OCH3 is 1. The van der Waals surface area contributed by atoms with Gasteiger partial charge in [-0.25, -0.2) is 8.42 Å². The second kappa shape index (κ2) is 13.9. The maximum absolute atomic E-state index is 12.7. The molecular formula is C35H44N10O4S. The summed E-state index contributed by atoms with van der Waals surface area (Å²) in [5.41, 5.74) is 5.30. The van der Waals surface area contributed by atoms with Gasteiger partial charge in [0.2, 0.25) is 21.7 Å². The van der Waals surface area contributed by atoms with Crippen molar-refractivity contribution in [3.8, 4) is 5.75 Å². The number of nitrogens with one attached hydrogen (secondary N) is 2. The fraction of sp³-hybridized carbons (Fsp3) is 0.429. The molecule has 2 aromatic carbocycles. The molecule has 14 nitrogen and oxygen atoms in total. The van der Waals surface area contributed by atoms with Crippen molar-refractivity contribution in [2.75, 3.05) is 86.6 Å². The van der Waals surface area contributed by atoms with E-state index in [-0.39, 0.29) is 5.95 Å². The van der Waals surface area contributed by atoms with Gasteiger partial charge in [0.1, 0.15) is 22.8 Å². The van der Waals surface area contributed by atoms with Crippen LogP contribution in [-0.2, 0) is 16.4 Å². The number of aryl methyl sites for hydroxylation is 1. The molecule has 50 heavy (non-hydrogen) atoms. The monoisotopic (exact) mass is 700 g/mol. The van der Waals surface area contributed by atoms with Crippen LogP contribution in [-0.4, -0.2) is 111 Å². The molecule has 0 spiro atoms. The van der Waals surface area contributed by atoms with Crippen LogP contribution in [0.25, 0.3) is 22.1 Å². The molecule has 5 aromatic rings. The molecule has 2 aliphatic rings. The third-order valence-electron chi connectivity index (χ3n) is 9.89. The average Bonchev–Trinajstić information content (AvgIpc) is 3.60. The SMILES string of the molecule is CCc1cc(Nc2nc(Nc3ccc4nccnc4c3N(C)S(C)(=O)=O)c3ccoc3n2)c(OC)cc1N1CCC(N2CCN(C)CC2)CC1. The average molecular weight is 701 g/mol. The lowest BCUT2D eigenvalue weighted by Crippen LogP contribution is -2.52. The quantitative estimate of drug-likeness (QED) is 0.205. The second-order valence-electron chi connectivity index (χ2n) is 13.0. The van der Waals surface area contributed by atoms with Crippen molar-refractivity contribution in [1.29, 1.82) is 0 Å². The zero-order valence-electron chi connectivity index (χ0n) is 29.2. The number of rotatable bonds is 10. The number of likely N-dealkylation sites (N-methyl/N-ethyl adjacent to an activating group) is 1. The summed E-state index contributed by atoms with van der Waals surface area (Å²) in [5.74, 6) is 1.39. The Balaban J connectivity index is 1.18. The van der Waals surface area contributed by atoms with Crippen LogP contribution in [0.15, 0.2) is 53.4 Å². The molecule has 0 amide bonds. The molecule has 0 atom stereocenters. The maximum Gasteiger partial charge on any atom is 0.232 e. The lowest BCUT2D eigenvalue weighted by Gasteiger charge is -2.43. The summed E-state index contributed by atoms with van der Waals surface area (Å²) in [6.07, 6.45) is 8.93. The summed E-state index contributed by atoms with van der Waals surface area (Å²) < 4.78 is 38.3. The highest BCUT2D eigenvalue weighted by Gasteiger charge is 2.28. The summed E-state index contributed by atoms with van der Waals surface area (Å²) in [7, 11) is 1.72. The van der Waals surface area contributed by atoms with Crippen molar-refractivity contribution in [2.24, 2.45) is 0 Å². The molecule has 3 aromatic heterocycles. The van der Waals surface area contributed by atoms with E-state index in [9.17, 15) is 8.42 Å². The Bertz CT molecular complexity index is 2110. The first-order valence-corrected chi connectivity index (χ1v) is 18.8. The van der Waals surface area contributed by atoms with Gasteiger partial charge in [0, 0.05) is 76.5 Å². The van der Waals surface area contributed by atoms with Gasteiger partial charge in [-0.05, 0) is 56.1 Å². The number of aromatic nitrogens is 4. The minimum atomic E-state index is -3.64. The lowest BCUT2D eigenvalue weighted by molar-refractivity contribution is 0.0982. The van der Waals surface area contributed by atoms with E-state index >= 15 is 0 Å². The van der Waals surface area contributed by atoms with E-state index in [4.69, 9.17) is 14.1 Å². The topological polar surface area (TPSA) is 145 Å². The van der Waals surface area contributed by atoms with E-state index < -0.39 is 10.0 Å². The number of piperazine rings is 1. The largest absolute Gasteiger partial charge is 0.494 e. The standard InChI is InChI=1S/C35H44N10O4S/c1-6-23-21-28(30(48-4)22-29(23)45-14-9-24(10-15-45)44-18-16-42(2)17-19-44)39-35-40-33(25-11-20-49-34(25)41-35)38-27-8-7-26-31(37-13-12-36-26)32(27)43(3)50(5,46)47/h7-8,11-13,20-22,24H,6,9-10,14-19H2,1-5H3,(H2,38,39,40,41). The maximum atomic E-state index is 12.7. The molecule has 2 aliphatic heterocycles. The zero-order valence-corrected chi connectivity index (χ0v) is 30.0. The molecule has 264 valence electrons. The van der Waals surface area contributed by atoms with Crippen molar-refractivity contribution in [1.82, 2.24) is 29.7 Å². The van der Waals surface area contributed by atoms with Gasteiger partial charge < -0.3 is 29.6 Å². The van der Waals surface area contributed by atoms with Crippen molar-refractivity contribution in [3.63, 3.8) is 0 Å². The Morgan fingerprint density at radius 2 is 1.74 bits per heavy atom. The van der Waals surface area contributed by atoms with Crippen LogP contribution in [0.5, 0.6) is 5.75 Å². The first kappa shape index (κ1) is 33.8. The fourth-order valence-electron chi connectivity index (χ4n) is 6.98. The van der Waals surface area contributed by atoms with Gasteiger partial charge in [0.25, 0.3) is 0 Å². The number of hydrogen-bond donors (Lipinski definition) is 2. The molecule has 7 rings (SSSR count). The molecule has 2 saturated heterocycles. The van der Waals surface area contributed by atoms with Gasteiger partial charge in [0.05, 0.1) is 41.9 Å². The van der Waals surface area contributed by atoms with Crippen molar-refractivity contribution >= 4 is 66.7 Å². The number of nitrogens with zero attached hydrogens (tertiary/aromatic N) is 8. The van der Waals surface area contributed by atoms with Crippen LogP contribution < -0.4 is 24.6 Å². The summed E-state index contributed by atoms with van der Waals surface area (Å²) in [5, 5.41) is 7.34. The van der Waals surface area contributed by atoms with Crippen LogP contribution in [0.3, 0.4) is 0 Å². The molecule has 15 heteroatoms. The molecule has 2 fully saturated rings. The molecule has 0 radical (unpaired) electrons. The van der Waals surface area contributed by atoms with Crippen LogP contribution in [0.4, 0.5) is 34.5 Å². The fourth-order valence-corrected chi connectivity index (χ4v) is 7.50. The van der Waals surface area contributed by atoms with E-state index in [0.717, 1.165) is 70.5 Å². The minimum absolute atomic E-state index is 0.287. The Morgan fingerprint density at radius 3 is 2.46 bits per heavy atom. The highest BCUT2D eigenvalue weighted by molar-refractivity contribution is 7.92. The number of hydrogen-bond acceptors (Lipinski definition) is 13. The summed E-state index contributed by atoms with van der Waals surface area (Å²) in [6.45, 7) is 8.75. The van der Waals surface area contributed by atoms with E-state index in [1.165, 1.54) is 28.8 Å². The third-order valence-corrected chi connectivity index (χ3v) is 11.1. The Kier molecular flexibility index (Phi) is 9.37. The smallest absolute Gasteiger partial charge is 0.232 e. The van der Waals surface area contributed by atoms with Gasteiger partial charge in [-0.3, -0.25) is 19.2 Å². The van der Waals surface area contributed by atoms with E-state index in [1.807, 2.05) is 0 Å². The lowest BCUT2D eigenvalue weighted by atomic mass is 9.99. The van der Waals surface area contributed by atoms with Crippen molar-refractivity contribution < 1.29 is 17.6 Å². The number of furan rings is 1. The normalized spacial score (nSPS) is 16.6. The summed E-state index contributed by atoms with van der Waals surface area (Å²) in [6, 6.07) is 10.2. The Morgan fingerprint density at radius 1 is 0.980 bits per heavy atom. The number of ether oxygens (including phenoxy) is 1. The predicted molar refractivity (Wildman–Crippen MR) is 198 cm³/mol. The van der Waals surface area contributed by atoms with Crippen molar-refractivity contribution in [2.45, 2.75) is 32.2 Å². The van der Waals surface area contributed by atoms with E-state index in [1.54, 1.807) is 37.8 Å². The molecule has 5 heterocycles. The van der Waals surface area contributed by atoms with Crippen molar-refractivity contribution in [3.05, 3.63) is 54.6 Å². The molecule has 0 bridgehead atoms. The van der Waals surface area contributed by atoms with Crippen LogP contribution in [0, 0.1) is 0 Å². The number of fused-ring (bicyclic) bond motifs is 2. The highest BCUT2D eigenvalue weighted by Crippen LogP contribution is 2.39. The Labute approximate surface area is 292 Å². The molecule has 2 N–H and O–H groups in total. The summed E-state index contributed by atoms with van der Waals surface area (Å²) >= 11 is 0. The third kappa shape index (κ3) is 6.72. The van der Waals surface area contributed by atoms with E-state index in [2.05, 4.69) is 66.4 Å². The first-order chi connectivity index (χ1) is 24.1. The van der Waals surface area contributed by atoms with Gasteiger partial charge in [-0.2, -0.15) is 9.97 Å². The first-order valence-electron chi connectivity index (χ1n) is 17.0. The van der Waals surface area contributed by atoms with Gasteiger partial charge in [0.15, 0.2) is 0 Å². The number of benzene rings is 2.